The Morgan fingerprint density at radius 2 is 2.07 bits per heavy atom. The number of aryl methyl sites for hydroxylation is 1. The fraction of sp³-hybridized carbons (Fsp3) is 0.364. The molecule has 1 aromatic rings. The Morgan fingerprint density at radius 3 is 2.57 bits per heavy atom. The van der Waals surface area contributed by atoms with Gasteiger partial charge in [0.1, 0.15) is 5.84 Å². The van der Waals surface area contributed by atoms with E-state index in [-0.39, 0.29) is 5.84 Å². The van der Waals surface area contributed by atoms with Crippen LogP contribution in [0.3, 0.4) is 0 Å². The van der Waals surface area contributed by atoms with Gasteiger partial charge in [-0.15, -0.1) is 0 Å². The maximum Gasteiger partial charge on any atom is 0.124 e. The van der Waals surface area contributed by atoms with Crippen LogP contribution in [0.5, 0.6) is 0 Å². The first kappa shape index (κ1) is 10.6. The Labute approximate surface area is 84.8 Å². The molecule has 0 aliphatic rings. The van der Waals surface area contributed by atoms with Crippen LogP contribution in [0, 0.1) is 12.3 Å². The van der Waals surface area contributed by atoms with Gasteiger partial charge in [-0.2, -0.15) is 0 Å². The Kier molecular flexibility index (Phi) is 3.12. The van der Waals surface area contributed by atoms with Crippen LogP contribution in [0.4, 0.5) is 5.69 Å². The fourth-order valence-corrected chi connectivity index (χ4v) is 1.32. The number of rotatable bonds is 3. The van der Waals surface area contributed by atoms with Crippen molar-refractivity contribution in [2.24, 2.45) is 5.73 Å². The first-order chi connectivity index (χ1) is 6.50. The van der Waals surface area contributed by atoms with Crippen molar-refractivity contribution in [3.05, 3.63) is 29.3 Å². The third-order valence-corrected chi connectivity index (χ3v) is 1.91. The molecule has 0 atom stereocenters. The Balaban J connectivity index is 3.08. The van der Waals surface area contributed by atoms with Crippen LogP contribution < -0.4 is 11.1 Å². The maximum atomic E-state index is 7.45. The highest BCUT2D eigenvalue weighted by molar-refractivity contribution is 6.00. The van der Waals surface area contributed by atoms with Crippen LogP contribution in [0.15, 0.2) is 18.2 Å². The lowest BCUT2D eigenvalue weighted by atomic mass is 10.1. The normalized spacial score (nSPS) is 10.3. The van der Waals surface area contributed by atoms with E-state index in [1.54, 1.807) is 0 Å². The van der Waals surface area contributed by atoms with E-state index in [9.17, 15) is 0 Å². The van der Waals surface area contributed by atoms with Gasteiger partial charge in [-0.05, 0) is 32.9 Å². The molecule has 76 valence electrons. The largest absolute Gasteiger partial charge is 0.384 e. The van der Waals surface area contributed by atoms with Gasteiger partial charge >= 0.3 is 0 Å². The second-order valence-electron chi connectivity index (χ2n) is 3.76. The molecule has 0 heterocycles. The number of hydrogen-bond donors (Lipinski definition) is 3. The molecule has 0 unspecified atom stereocenters. The molecule has 0 radical (unpaired) electrons. The van der Waals surface area contributed by atoms with E-state index in [0.717, 1.165) is 16.8 Å². The van der Waals surface area contributed by atoms with Crippen molar-refractivity contribution in [1.29, 1.82) is 5.41 Å². The van der Waals surface area contributed by atoms with Gasteiger partial charge < -0.3 is 11.1 Å². The number of anilines is 1. The topological polar surface area (TPSA) is 61.9 Å². The molecule has 0 aromatic heterocycles. The Hall–Kier alpha value is -1.51. The van der Waals surface area contributed by atoms with Crippen LogP contribution in [-0.2, 0) is 0 Å². The number of nitrogen functional groups attached to an aromatic ring is 1. The van der Waals surface area contributed by atoms with Gasteiger partial charge in [0.2, 0.25) is 0 Å². The average molecular weight is 191 g/mol. The molecule has 0 saturated carbocycles. The minimum absolute atomic E-state index is 0.108. The molecule has 0 bridgehead atoms. The quantitative estimate of drug-likeness (QED) is 0.506. The van der Waals surface area contributed by atoms with Crippen LogP contribution in [0.2, 0.25) is 0 Å². The average Bonchev–Trinajstić information content (AvgIpc) is 2.07. The van der Waals surface area contributed by atoms with Crippen molar-refractivity contribution < 1.29 is 0 Å². The van der Waals surface area contributed by atoms with Crippen molar-refractivity contribution in [1.82, 2.24) is 0 Å². The van der Waals surface area contributed by atoms with Gasteiger partial charge in [0.15, 0.2) is 0 Å². The fourth-order valence-electron chi connectivity index (χ4n) is 1.32. The summed E-state index contributed by atoms with van der Waals surface area (Å²) in [4.78, 5) is 0. The molecule has 3 heteroatoms. The monoisotopic (exact) mass is 191 g/mol. The lowest BCUT2D eigenvalue weighted by Crippen LogP contribution is -2.17. The maximum absolute atomic E-state index is 7.45. The second-order valence-corrected chi connectivity index (χ2v) is 3.76. The number of nitrogens with two attached hydrogens (primary N) is 1. The van der Waals surface area contributed by atoms with E-state index in [4.69, 9.17) is 11.1 Å². The van der Waals surface area contributed by atoms with Crippen molar-refractivity contribution in [3.8, 4) is 0 Å². The van der Waals surface area contributed by atoms with E-state index < -0.39 is 0 Å². The van der Waals surface area contributed by atoms with Gasteiger partial charge in [0.05, 0.1) is 0 Å². The summed E-state index contributed by atoms with van der Waals surface area (Å²) in [6.45, 7) is 6.11. The third-order valence-electron chi connectivity index (χ3n) is 1.91. The van der Waals surface area contributed by atoms with Crippen molar-refractivity contribution in [2.75, 3.05) is 5.32 Å². The van der Waals surface area contributed by atoms with Crippen molar-refractivity contribution in [2.45, 2.75) is 26.8 Å². The summed E-state index contributed by atoms with van der Waals surface area (Å²) < 4.78 is 0. The summed E-state index contributed by atoms with van der Waals surface area (Å²) >= 11 is 0. The number of hydrogen-bond acceptors (Lipinski definition) is 2. The molecule has 14 heavy (non-hydrogen) atoms. The third kappa shape index (κ3) is 2.49. The Morgan fingerprint density at radius 1 is 1.43 bits per heavy atom. The summed E-state index contributed by atoms with van der Waals surface area (Å²) in [5.41, 5.74) is 8.32. The summed E-state index contributed by atoms with van der Waals surface area (Å²) in [6.07, 6.45) is 0. The molecule has 0 fully saturated rings. The SMILES string of the molecule is Cc1ccc(NC(C)C)c(C(=N)N)c1. The zero-order valence-corrected chi connectivity index (χ0v) is 8.89. The summed E-state index contributed by atoms with van der Waals surface area (Å²) in [5, 5.41) is 10.7. The first-order valence-corrected chi connectivity index (χ1v) is 4.72. The minimum Gasteiger partial charge on any atom is -0.384 e. The highest BCUT2D eigenvalue weighted by atomic mass is 14.9. The van der Waals surface area contributed by atoms with Crippen LogP contribution in [0.25, 0.3) is 0 Å². The van der Waals surface area contributed by atoms with E-state index in [0.29, 0.717) is 6.04 Å². The highest BCUT2D eigenvalue weighted by Crippen LogP contribution is 2.17. The second kappa shape index (κ2) is 4.13. The molecule has 0 amide bonds. The molecule has 4 N–H and O–H groups in total. The molecular formula is C11H17N3. The van der Waals surface area contributed by atoms with Crippen LogP contribution >= 0.6 is 0 Å². The molecular weight excluding hydrogens is 174 g/mol. The van der Waals surface area contributed by atoms with Crippen LogP contribution in [-0.4, -0.2) is 11.9 Å². The van der Waals surface area contributed by atoms with Gasteiger partial charge in [-0.3, -0.25) is 5.41 Å². The van der Waals surface area contributed by atoms with Gasteiger partial charge in [-0.25, -0.2) is 0 Å². The minimum atomic E-state index is 0.108. The smallest absolute Gasteiger partial charge is 0.124 e. The van der Waals surface area contributed by atoms with E-state index in [1.807, 2.05) is 25.1 Å². The lowest BCUT2D eigenvalue weighted by molar-refractivity contribution is 0.899. The predicted molar refractivity (Wildman–Crippen MR) is 61.0 cm³/mol. The highest BCUT2D eigenvalue weighted by Gasteiger charge is 2.05. The molecule has 0 spiro atoms. The summed E-state index contributed by atoms with van der Waals surface area (Å²) in [6, 6.07) is 6.24. The zero-order valence-electron chi connectivity index (χ0n) is 8.89. The number of amidine groups is 1. The summed E-state index contributed by atoms with van der Waals surface area (Å²) in [7, 11) is 0. The number of nitrogens with one attached hydrogen (secondary N) is 2. The Bertz CT molecular complexity index is 342. The lowest BCUT2D eigenvalue weighted by Gasteiger charge is -2.14. The van der Waals surface area contributed by atoms with E-state index >= 15 is 0 Å². The molecule has 0 saturated heterocycles. The molecule has 0 aliphatic carbocycles. The number of benzene rings is 1. The molecule has 3 nitrogen and oxygen atoms in total. The summed E-state index contributed by atoms with van der Waals surface area (Å²) in [5.74, 6) is 0.108. The van der Waals surface area contributed by atoms with Gasteiger partial charge in [-0.1, -0.05) is 11.6 Å². The van der Waals surface area contributed by atoms with Gasteiger partial charge in [0, 0.05) is 17.3 Å². The van der Waals surface area contributed by atoms with Crippen LogP contribution in [0.1, 0.15) is 25.0 Å². The van der Waals surface area contributed by atoms with Crippen molar-refractivity contribution in [3.63, 3.8) is 0 Å². The predicted octanol–water partition coefficient (Wildman–Crippen LogP) is 2.10. The standard InChI is InChI=1S/C11H17N3/c1-7(2)14-10-5-4-8(3)6-9(10)11(12)13/h4-7,14H,1-3H3,(H3,12,13). The first-order valence-electron chi connectivity index (χ1n) is 4.72. The van der Waals surface area contributed by atoms with E-state index in [1.165, 1.54) is 0 Å². The molecule has 0 aliphatic heterocycles. The molecule has 1 rings (SSSR count). The van der Waals surface area contributed by atoms with E-state index in [2.05, 4.69) is 19.2 Å². The molecule has 1 aromatic carbocycles. The zero-order chi connectivity index (χ0) is 10.7. The van der Waals surface area contributed by atoms with Gasteiger partial charge in [0.25, 0.3) is 0 Å². The van der Waals surface area contributed by atoms with Crippen molar-refractivity contribution >= 4 is 11.5 Å².